The van der Waals surface area contributed by atoms with Crippen LogP contribution in [0.25, 0.3) is 0 Å². The summed E-state index contributed by atoms with van der Waals surface area (Å²) in [5, 5.41) is 9.61. The second-order valence-electron chi connectivity index (χ2n) is 6.83. The number of hydrogen-bond acceptors (Lipinski definition) is 4. The van der Waals surface area contributed by atoms with Crippen LogP contribution in [0.1, 0.15) is 25.7 Å². The molecular weight excluding hydrogens is 372 g/mol. The van der Waals surface area contributed by atoms with Gasteiger partial charge in [-0.05, 0) is 43.5 Å². The molecule has 7 nitrogen and oxygen atoms in total. The average molecular weight is 395 g/mol. The Morgan fingerprint density at radius 2 is 1.85 bits per heavy atom. The Morgan fingerprint density at radius 3 is 2.48 bits per heavy atom. The van der Waals surface area contributed by atoms with Gasteiger partial charge in [0.05, 0.1) is 6.42 Å². The van der Waals surface area contributed by atoms with Crippen LogP contribution in [0, 0.1) is 5.92 Å². The van der Waals surface area contributed by atoms with Gasteiger partial charge in [0.15, 0.2) is 0 Å². The molecule has 2 fully saturated rings. The summed E-state index contributed by atoms with van der Waals surface area (Å²) in [6.45, 7) is 1.65. The number of anilines is 1. The highest BCUT2D eigenvalue weighted by Gasteiger charge is 2.41. The van der Waals surface area contributed by atoms with Crippen LogP contribution >= 0.6 is 11.6 Å². The molecule has 1 atom stereocenters. The minimum Gasteiger partial charge on any atom is -0.481 e. The zero-order valence-corrected chi connectivity index (χ0v) is 15.7. The molecule has 2 aliphatic rings. The molecule has 1 aromatic carbocycles. The van der Waals surface area contributed by atoms with Gasteiger partial charge in [-0.15, -0.1) is 0 Å². The van der Waals surface area contributed by atoms with E-state index < -0.39 is 11.9 Å². The Hall–Kier alpha value is -2.12. The van der Waals surface area contributed by atoms with Gasteiger partial charge in [0, 0.05) is 43.1 Å². The Bertz CT molecular complexity index is 703. The fraction of sp³-hybridized carbons (Fsp3) is 0.526. The van der Waals surface area contributed by atoms with Crippen molar-refractivity contribution in [2.24, 2.45) is 5.92 Å². The van der Waals surface area contributed by atoms with Crippen LogP contribution in [0.3, 0.4) is 0 Å². The van der Waals surface area contributed by atoms with Crippen molar-refractivity contribution in [1.29, 1.82) is 0 Å². The first-order valence-electron chi connectivity index (χ1n) is 9.14. The number of nitrogens with zero attached hydrogens (tertiary/aromatic N) is 2. The van der Waals surface area contributed by atoms with Crippen LogP contribution in [0.2, 0.25) is 5.02 Å². The lowest BCUT2D eigenvalue weighted by atomic mass is 10.0. The van der Waals surface area contributed by atoms with Crippen molar-refractivity contribution in [3.8, 4) is 0 Å². The molecule has 146 valence electrons. The molecule has 27 heavy (non-hydrogen) atoms. The number of rotatable bonds is 6. The first-order chi connectivity index (χ1) is 13.0. The Kier molecular flexibility index (Phi) is 6.34. The van der Waals surface area contributed by atoms with Crippen LogP contribution in [-0.4, -0.2) is 60.1 Å². The average Bonchev–Trinajstić information content (AvgIpc) is 3.04. The van der Waals surface area contributed by atoms with Gasteiger partial charge in [-0.25, -0.2) is 0 Å². The molecule has 8 heteroatoms. The summed E-state index contributed by atoms with van der Waals surface area (Å²) in [6.07, 6.45) is 1.61. The number of hydrogen-bond donors (Lipinski definition) is 1. The molecule has 2 saturated heterocycles. The monoisotopic (exact) mass is 394 g/mol. The van der Waals surface area contributed by atoms with E-state index in [1.807, 2.05) is 0 Å². The second kappa shape index (κ2) is 8.71. The molecule has 0 bridgehead atoms. The summed E-state index contributed by atoms with van der Waals surface area (Å²) in [5.41, 5.74) is 0.711. The molecular formula is C19H23ClN2O5. The molecule has 0 aromatic heterocycles. The van der Waals surface area contributed by atoms with E-state index in [2.05, 4.69) is 0 Å². The van der Waals surface area contributed by atoms with Crippen LogP contribution < -0.4 is 4.90 Å². The lowest BCUT2D eigenvalue weighted by Gasteiger charge is -2.35. The number of aliphatic carboxylic acids is 1. The van der Waals surface area contributed by atoms with Gasteiger partial charge in [-0.2, -0.15) is 0 Å². The number of ether oxygens (including phenoxy) is 1. The van der Waals surface area contributed by atoms with Crippen molar-refractivity contribution in [3.63, 3.8) is 0 Å². The summed E-state index contributed by atoms with van der Waals surface area (Å²) >= 11 is 5.90. The molecule has 3 rings (SSSR count). The predicted octanol–water partition coefficient (Wildman–Crippen LogP) is 2.18. The first-order valence-corrected chi connectivity index (χ1v) is 9.52. The lowest BCUT2D eigenvalue weighted by molar-refractivity contribution is -0.144. The van der Waals surface area contributed by atoms with Gasteiger partial charge >= 0.3 is 5.97 Å². The van der Waals surface area contributed by atoms with Crippen molar-refractivity contribution >= 4 is 35.1 Å². The van der Waals surface area contributed by atoms with Crippen molar-refractivity contribution in [3.05, 3.63) is 29.3 Å². The minimum absolute atomic E-state index is 0.0806. The smallest absolute Gasteiger partial charge is 0.305 e. The third-order valence-electron chi connectivity index (χ3n) is 5.12. The van der Waals surface area contributed by atoms with E-state index in [9.17, 15) is 14.4 Å². The molecule has 2 heterocycles. The normalized spacial score (nSPS) is 20.7. The van der Waals surface area contributed by atoms with E-state index in [0.717, 1.165) is 0 Å². The van der Waals surface area contributed by atoms with Gasteiger partial charge in [0.2, 0.25) is 11.8 Å². The number of carbonyl (C=O) groups excluding carboxylic acids is 2. The fourth-order valence-corrected chi connectivity index (χ4v) is 3.80. The van der Waals surface area contributed by atoms with Gasteiger partial charge in [0.25, 0.3) is 0 Å². The quantitative estimate of drug-likeness (QED) is 0.747. The number of halogens is 1. The summed E-state index contributed by atoms with van der Waals surface area (Å²) in [4.78, 5) is 40.2. The Balaban J connectivity index is 1.73. The van der Waals surface area contributed by atoms with Crippen molar-refractivity contribution in [1.82, 2.24) is 4.90 Å². The zero-order chi connectivity index (χ0) is 19.4. The lowest BCUT2D eigenvalue weighted by Crippen LogP contribution is -2.48. The van der Waals surface area contributed by atoms with Crippen molar-refractivity contribution in [2.45, 2.75) is 31.7 Å². The molecule has 0 unspecified atom stereocenters. The molecule has 2 aliphatic heterocycles. The highest BCUT2D eigenvalue weighted by molar-refractivity contribution is 6.30. The maximum atomic E-state index is 13.1. The molecule has 2 amide bonds. The third kappa shape index (κ3) is 4.59. The van der Waals surface area contributed by atoms with Gasteiger partial charge < -0.3 is 19.6 Å². The number of benzene rings is 1. The highest BCUT2D eigenvalue weighted by Crippen LogP contribution is 2.29. The maximum absolute atomic E-state index is 13.1. The summed E-state index contributed by atoms with van der Waals surface area (Å²) < 4.78 is 5.35. The van der Waals surface area contributed by atoms with Gasteiger partial charge in [-0.3, -0.25) is 14.4 Å². The third-order valence-corrected chi connectivity index (χ3v) is 5.38. The maximum Gasteiger partial charge on any atom is 0.305 e. The summed E-state index contributed by atoms with van der Waals surface area (Å²) in [6, 6.07) is 6.85. The largest absolute Gasteiger partial charge is 0.481 e. The van der Waals surface area contributed by atoms with Crippen LogP contribution in [0.15, 0.2) is 24.3 Å². The van der Waals surface area contributed by atoms with Crippen molar-refractivity contribution < 1.29 is 24.2 Å². The van der Waals surface area contributed by atoms with Gasteiger partial charge in [0.1, 0.15) is 5.92 Å². The number of carboxylic acid groups (broad SMARTS) is 1. The van der Waals surface area contributed by atoms with Crippen LogP contribution in [0.4, 0.5) is 5.69 Å². The fourth-order valence-electron chi connectivity index (χ4n) is 3.67. The first kappa shape index (κ1) is 19.6. The van der Waals surface area contributed by atoms with E-state index in [1.54, 1.807) is 34.1 Å². The van der Waals surface area contributed by atoms with Crippen LogP contribution in [0.5, 0.6) is 0 Å². The standard InChI is InChI=1S/C19H23ClN2O5/c20-13-1-3-14(4-2-13)21-9-5-16(18(21)25)19(26)22(10-6-17(23)24)15-7-11-27-12-8-15/h1-4,15-16H,5-12H2,(H,23,24)/t16-/m0/s1. The van der Waals surface area contributed by atoms with E-state index in [0.29, 0.717) is 49.7 Å². The molecule has 1 aromatic rings. The molecule has 0 saturated carbocycles. The van der Waals surface area contributed by atoms with Gasteiger partial charge in [-0.1, -0.05) is 11.6 Å². The van der Waals surface area contributed by atoms with E-state index in [4.69, 9.17) is 21.4 Å². The van der Waals surface area contributed by atoms with E-state index in [-0.39, 0.29) is 30.8 Å². The predicted molar refractivity (Wildman–Crippen MR) is 99.7 cm³/mol. The summed E-state index contributed by atoms with van der Waals surface area (Å²) in [7, 11) is 0. The van der Waals surface area contributed by atoms with Crippen molar-refractivity contribution in [2.75, 3.05) is 31.2 Å². The highest BCUT2D eigenvalue weighted by atomic mass is 35.5. The number of carbonyl (C=O) groups is 3. The second-order valence-corrected chi connectivity index (χ2v) is 7.26. The Morgan fingerprint density at radius 1 is 1.19 bits per heavy atom. The SMILES string of the molecule is O=C(O)CCN(C(=O)[C@H]1CCN(c2ccc(Cl)cc2)C1=O)C1CCOCC1. The number of amides is 2. The summed E-state index contributed by atoms with van der Waals surface area (Å²) in [5.74, 6) is -2.24. The van der Waals surface area contributed by atoms with E-state index in [1.165, 1.54) is 0 Å². The van der Waals surface area contributed by atoms with E-state index >= 15 is 0 Å². The zero-order valence-electron chi connectivity index (χ0n) is 15.0. The molecule has 0 aliphatic carbocycles. The molecule has 0 radical (unpaired) electrons. The molecule has 0 spiro atoms. The Labute approximate surface area is 162 Å². The van der Waals surface area contributed by atoms with Crippen LogP contribution in [-0.2, 0) is 19.1 Å². The molecule has 1 N–H and O–H groups in total. The minimum atomic E-state index is -0.958. The number of carboxylic acids is 1. The topological polar surface area (TPSA) is 87.2 Å².